The second-order valence-electron chi connectivity index (χ2n) is 2.14. The molecule has 72 valence electrons. The first-order valence-electron chi connectivity index (χ1n) is 3.24. The summed E-state index contributed by atoms with van der Waals surface area (Å²) in [5, 5.41) is 0. The number of methoxy groups -OCH3 is 1. The molecule has 0 amide bonds. The summed E-state index contributed by atoms with van der Waals surface area (Å²) in [6.07, 6.45) is -1.34. The third-order valence-electron chi connectivity index (χ3n) is 1.37. The Morgan fingerprint density at radius 3 is 2.54 bits per heavy atom. The van der Waals surface area contributed by atoms with Crippen molar-refractivity contribution in [2.24, 2.45) is 0 Å². The Hall–Kier alpha value is -0.230. The van der Waals surface area contributed by atoms with E-state index in [1.807, 2.05) is 0 Å². The van der Waals surface area contributed by atoms with Crippen LogP contribution in [-0.2, 0) is 0 Å². The van der Waals surface area contributed by atoms with Crippen LogP contribution in [0.1, 0.15) is 12.1 Å². The quantitative estimate of drug-likeness (QED) is 0.832. The molecule has 0 aliphatic rings. The van der Waals surface area contributed by atoms with Crippen molar-refractivity contribution >= 4 is 31.9 Å². The van der Waals surface area contributed by atoms with E-state index in [4.69, 9.17) is 4.74 Å². The lowest BCUT2D eigenvalue weighted by Gasteiger charge is -2.09. The molecule has 0 unspecified atom stereocenters. The molecule has 0 radical (unpaired) electrons. The van der Waals surface area contributed by atoms with Gasteiger partial charge in [0.1, 0.15) is 5.69 Å². The summed E-state index contributed by atoms with van der Waals surface area (Å²) < 4.78 is 30.5. The second-order valence-corrected chi connectivity index (χ2v) is 3.79. The number of rotatable bonds is 2. The van der Waals surface area contributed by atoms with Gasteiger partial charge in [-0.1, -0.05) is 0 Å². The highest BCUT2D eigenvalue weighted by atomic mass is 79.9. The van der Waals surface area contributed by atoms with Crippen molar-refractivity contribution in [2.45, 2.75) is 6.43 Å². The topological polar surface area (TPSA) is 22.1 Å². The van der Waals surface area contributed by atoms with Crippen LogP contribution >= 0.6 is 31.9 Å². The first-order chi connectivity index (χ1) is 6.07. The first kappa shape index (κ1) is 10.8. The van der Waals surface area contributed by atoms with Crippen molar-refractivity contribution in [3.8, 4) is 5.75 Å². The van der Waals surface area contributed by atoms with Crippen LogP contribution in [0.25, 0.3) is 0 Å². The van der Waals surface area contributed by atoms with Gasteiger partial charge >= 0.3 is 0 Å². The molecule has 0 spiro atoms. The van der Waals surface area contributed by atoms with Crippen LogP contribution < -0.4 is 4.74 Å². The van der Waals surface area contributed by atoms with E-state index in [1.54, 1.807) is 0 Å². The Labute approximate surface area is 90.6 Å². The van der Waals surface area contributed by atoms with Crippen molar-refractivity contribution in [2.75, 3.05) is 7.11 Å². The number of hydrogen-bond donors (Lipinski definition) is 0. The van der Waals surface area contributed by atoms with Crippen LogP contribution in [-0.4, -0.2) is 12.1 Å². The normalized spacial score (nSPS) is 10.6. The zero-order valence-electron chi connectivity index (χ0n) is 6.52. The van der Waals surface area contributed by atoms with E-state index >= 15 is 0 Å². The third kappa shape index (κ3) is 2.17. The van der Waals surface area contributed by atoms with Crippen molar-refractivity contribution in [1.82, 2.24) is 4.98 Å². The van der Waals surface area contributed by atoms with E-state index in [0.717, 1.165) is 0 Å². The maximum atomic E-state index is 12.3. The molecule has 6 heteroatoms. The highest BCUT2D eigenvalue weighted by molar-refractivity contribution is 9.13. The molecule has 1 aromatic heterocycles. The van der Waals surface area contributed by atoms with Crippen LogP contribution in [0.4, 0.5) is 8.78 Å². The molecular formula is C7H5Br2F2NO. The van der Waals surface area contributed by atoms with Gasteiger partial charge in [0.15, 0.2) is 5.75 Å². The van der Waals surface area contributed by atoms with Crippen molar-refractivity contribution in [3.05, 3.63) is 20.8 Å². The van der Waals surface area contributed by atoms with Gasteiger partial charge in [0, 0.05) is 6.20 Å². The maximum Gasteiger partial charge on any atom is 0.284 e. The number of hydrogen-bond acceptors (Lipinski definition) is 2. The number of ether oxygens (including phenoxy) is 1. The maximum absolute atomic E-state index is 12.3. The molecule has 0 saturated carbocycles. The minimum atomic E-state index is -2.64. The van der Waals surface area contributed by atoms with E-state index in [-0.39, 0.29) is 11.4 Å². The van der Waals surface area contributed by atoms with Crippen LogP contribution in [0.15, 0.2) is 15.1 Å². The SMILES string of the molecule is COc1c(C(F)F)ncc(Br)c1Br. The zero-order chi connectivity index (χ0) is 10.0. The van der Waals surface area contributed by atoms with E-state index < -0.39 is 6.43 Å². The Kier molecular flexibility index (Phi) is 3.61. The first-order valence-corrected chi connectivity index (χ1v) is 4.82. The fraction of sp³-hybridized carbons (Fsp3) is 0.286. The number of alkyl halides is 2. The van der Waals surface area contributed by atoms with Crippen molar-refractivity contribution < 1.29 is 13.5 Å². The zero-order valence-corrected chi connectivity index (χ0v) is 9.69. The van der Waals surface area contributed by atoms with Gasteiger partial charge in [0.2, 0.25) is 0 Å². The summed E-state index contributed by atoms with van der Waals surface area (Å²) in [4.78, 5) is 3.56. The molecule has 0 N–H and O–H groups in total. The average molecular weight is 317 g/mol. The van der Waals surface area contributed by atoms with E-state index in [2.05, 4.69) is 36.8 Å². The largest absolute Gasteiger partial charge is 0.493 e. The second kappa shape index (κ2) is 4.32. The monoisotopic (exact) mass is 315 g/mol. The Balaban J connectivity index is 3.30. The van der Waals surface area contributed by atoms with Gasteiger partial charge in [0.05, 0.1) is 16.1 Å². The summed E-state index contributed by atoms with van der Waals surface area (Å²) in [6.45, 7) is 0. The minimum Gasteiger partial charge on any atom is -0.493 e. The lowest BCUT2D eigenvalue weighted by atomic mass is 10.3. The Bertz CT molecular complexity index is 320. The van der Waals surface area contributed by atoms with Gasteiger partial charge in [-0.05, 0) is 31.9 Å². The van der Waals surface area contributed by atoms with E-state index in [0.29, 0.717) is 8.95 Å². The molecule has 0 fully saturated rings. The highest BCUT2D eigenvalue weighted by Crippen LogP contribution is 2.37. The Morgan fingerprint density at radius 2 is 2.08 bits per heavy atom. The molecule has 13 heavy (non-hydrogen) atoms. The van der Waals surface area contributed by atoms with Crippen LogP contribution in [0.5, 0.6) is 5.75 Å². The van der Waals surface area contributed by atoms with Crippen LogP contribution in [0.2, 0.25) is 0 Å². The van der Waals surface area contributed by atoms with E-state index in [9.17, 15) is 8.78 Å². The molecule has 1 aromatic rings. The number of halogens is 4. The molecule has 0 bridgehead atoms. The minimum absolute atomic E-state index is 0.0596. The van der Waals surface area contributed by atoms with Crippen molar-refractivity contribution in [1.29, 1.82) is 0 Å². The summed E-state index contributed by atoms with van der Waals surface area (Å²) >= 11 is 6.25. The predicted octanol–water partition coefficient (Wildman–Crippen LogP) is 3.55. The van der Waals surface area contributed by atoms with Gasteiger partial charge in [-0.2, -0.15) is 0 Å². The summed E-state index contributed by atoms with van der Waals surface area (Å²) in [5.74, 6) is 0.0596. The summed E-state index contributed by atoms with van der Waals surface area (Å²) in [6, 6.07) is 0. The van der Waals surface area contributed by atoms with Crippen molar-refractivity contribution in [3.63, 3.8) is 0 Å². The molecular weight excluding hydrogens is 312 g/mol. The molecule has 0 atom stereocenters. The van der Waals surface area contributed by atoms with Crippen LogP contribution in [0.3, 0.4) is 0 Å². The number of nitrogens with zero attached hydrogens (tertiary/aromatic N) is 1. The molecule has 0 saturated heterocycles. The highest BCUT2D eigenvalue weighted by Gasteiger charge is 2.19. The van der Waals surface area contributed by atoms with Gasteiger partial charge in [-0.25, -0.2) is 8.78 Å². The summed E-state index contributed by atoms with van der Waals surface area (Å²) in [7, 11) is 1.32. The molecule has 1 heterocycles. The smallest absolute Gasteiger partial charge is 0.284 e. The molecule has 2 nitrogen and oxygen atoms in total. The number of aromatic nitrogens is 1. The van der Waals surface area contributed by atoms with Gasteiger partial charge < -0.3 is 4.74 Å². The third-order valence-corrected chi connectivity index (χ3v) is 3.29. The average Bonchev–Trinajstić information content (AvgIpc) is 2.09. The predicted molar refractivity (Wildman–Crippen MR) is 51.1 cm³/mol. The Morgan fingerprint density at radius 1 is 1.46 bits per heavy atom. The molecule has 1 rings (SSSR count). The lowest BCUT2D eigenvalue weighted by Crippen LogP contribution is -1.97. The van der Waals surface area contributed by atoms with E-state index in [1.165, 1.54) is 13.3 Å². The van der Waals surface area contributed by atoms with Gasteiger partial charge in [-0.3, -0.25) is 4.98 Å². The standard InChI is InChI=1S/C7H5Br2F2NO/c1-13-6-4(9)3(8)2-12-5(6)7(10)11/h2,7H,1H3. The fourth-order valence-electron chi connectivity index (χ4n) is 0.812. The molecule has 0 aliphatic carbocycles. The number of pyridine rings is 1. The summed E-state index contributed by atoms with van der Waals surface area (Å²) in [5.41, 5.74) is -0.363. The molecule has 0 aliphatic heterocycles. The van der Waals surface area contributed by atoms with Crippen LogP contribution in [0, 0.1) is 0 Å². The fourth-order valence-corrected chi connectivity index (χ4v) is 1.56. The van der Waals surface area contributed by atoms with Gasteiger partial charge in [-0.15, -0.1) is 0 Å². The lowest BCUT2D eigenvalue weighted by molar-refractivity contribution is 0.141. The molecule has 0 aromatic carbocycles. The van der Waals surface area contributed by atoms with Gasteiger partial charge in [0.25, 0.3) is 6.43 Å².